The monoisotopic (exact) mass is 264 g/mol. The third kappa shape index (κ3) is 2.54. The van der Waals surface area contributed by atoms with Crippen LogP contribution in [-0.2, 0) is 20.7 Å². The molecule has 0 aromatic heterocycles. The number of ether oxygens (including phenoxy) is 1. The van der Waals surface area contributed by atoms with Crippen LogP contribution in [0.5, 0.6) is 0 Å². The Morgan fingerprint density at radius 1 is 1.42 bits per heavy atom. The van der Waals surface area contributed by atoms with Crippen molar-refractivity contribution < 1.29 is 23.5 Å². The van der Waals surface area contributed by atoms with Gasteiger partial charge in [-0.3, -0.25) is 9.59 Å². The van der Waals surface area contributed by atoms with Gasteiger partial charge in [-0.1, -0.05) is 6.07 Å². The van der Waals surface area contributed by atoms with Gasteiger partial charge in [0.25, 0.3) is 5.78 Å². The van der Waals surface area contributed by atoms with E-state index in [2.05, 4.69) is 4.74 Å². The van der Waals surface area contributed by atoms with Gasteiger partial charge in [-0.05, 0) is 37.5 Å². The molecular weight excluding hydrogens is 251 g/mol. The number of fused-ring (bicyclic) bond motifs is 1. The van der Waals surface area contributed by atoms with Gasteiger partial charge in [0.1, 0.15) is 5.82 Å². The normalized spacial score (nSPS) is 17.8. The summed E-state index contributed by atoms with van der Waals surface area (Å²) in [6, 6.07) is 3.93. The molecule has 0 radical (unpaired) electrons. The number of hydrogen-bond donors (Lipinski definition) is 0. The highest BCUT2D eigenvalue weighted by Crippen LogP contribution is 2.27. The zero-order valence-corrected chi connectivity index (χ0v) is 10.4. The maximum Gasteiger partial charge on any atom is 0.375 e. The van der Waals surface area contributed by atoms with Gasteiger partial charge in [-0.25, -0.2) is 9.18 Å². The fourth-order valence-electron chi connectivity index (χ4n) is 2.21. The van der Waals surface area contributed by atoms with Gasteiger partial charge in [-0.15, -0.1) is 0 Å². The first-order valence-corrected chi connectivity index (χ1v) is 6.08. The average Bonchev–Trinajstić information content (AvgIpc) is 2.39. The summed E-state index contributed by atoms with van der Waals surface area (Å²) < 4.78 is 17.7. The molecule has 100 valence electrons. The number of carbonyl (C=O) groups is 3. The average molecular weight is 264 g/mol. The van der Waals surface area contributed by atoms with Crippen LogP contribution >= 0.6 is 0 Å². The van der Waals surface area contributed by atoms with Gasteiger partial charge in [0, 0.05) is 5.56 Å². The predicted molar refractivity (Wildman–Crippen MR) is 64.2 cm³/mol. The lowest BCUT2D eigenvalue weighted by Gasteiger charge is -2.21. The van der Waals surface area contributed by atoms with E-state index in [4.69, 9.17) is 0 Å². The molecule has 1 aromatic carbocycles. The largest absolute Gasteiger partial charge is 0.460 e. The van der Waals surface area contributed by atoms with E-state index in [9.17, 15) is 18.8 Å². The summed E-state index contributed by atoms with van der Waals surface area (Å²) >= 11 is 0. The Hall–Kier alpha value is -2.04. The summed E-state index contributed by atoms with van der Waals surface area (Å²) in [5.74, 6) is -3.93. The van der Waals surface area contributed by atoms with Crippen molar-refractivity contribution in [3.63, 3.8) is 0 Å². The minimum atomic E-state index is -1.05. The second-order valence-electron chi connectivity index (χ2n) is 4.34. The van der Waals surface area contributed by atoms with Gasteiger partial charge in [0.15, 0.2) is 5.78 Å². The lowest BCUT2D eigenvalue weighted by Crippen LogP contribution is -2.35. The number of rotatable bonds is 3. The molecular formula is C14H13FO4. The van der Waals surface area contributed by atoms with Crippen molar-refractivity contribution in [2.24, 2.45) is 5.92 Å². The van der Waals surface area contributed by atoms with Crippen LogP contribution in [-0.4, -0.2) is 24.1 Å². The first kappa shape index (κ1) is 13.4. The van der Waals surface area contributed by atoms with Gasteiger partial charge < -0.3 is 4.74 Å². The van der Waals surface area contributed by atoms with E-state index >= 15 is 0 Å². The van der Waals surface area contributed by atoms with Crippen LogP contribution < -0.4 is 0 Å². The van der Waals surface area contributed by atoms with E-state index in [1.165, 1.54) is 12.1 Å². The van der Waals surface area contributed by atoms with Crippen LogP contribution in [0.3, 0.4) is 0 Å². The molecule has 4 nitrogen and oxygen atoms in total. The third-order valence-corrected chi connectivity index (χ3v) is 3.15. The van der Waals surface area contributed by atoms with Crippen LogP contribution in [0.25, 0.3) is 0 Å². The number of hydrogen-bond acceptors (Lipinski definition) is 4. The summed E-state index contributed by atoms with van der Waals surface area (Å²) in [6.07, 6.45) is 0.728. The highest BCUT2D eigenvalue weighted by molar-refractivity contribution is 6.39. The number of Topliss-reactive ketones (excluding diaryl/α,β-unsaturated/α-hetero) is 2. The van der Waals surface area contributed by atoms with Crippen molar-refractivity contribution in [2.75, 3.05) is 6.61 Å². The van der Waals surface area contributed by atoms with Gasteiger partial charge in [-0.2, -0.15) is 0 Å². The van der Waals surface area contributed by atoms with Crippen molar-refractivity contribution in [3.8, 4) is 0 Å². The molecule has 5 heteroatoms. The second-order valence-corrected chi connectivity index (χ2v) is 4.34. The summed E-state index contributed by atoms with van der Waals surface area (Å²) in [6.45, 7) is 1.66. The van der Waals surface area contributed by atoms with Crippen LogP contribution in [0.1, 0.15) is 29.3 Å². The Morgan fingerprint density at radius 2 is 2.16 bits per heavy atom. The highest BCUT2D eigenvalue weighted by atomic mass is 19.1. The molecule has 0 N–H and O–H groups in total. The molecule has 1 aliphatic rings. The third-order valence-electron chi connectivity index (χ3n) is 3.15. The van der Waals surface area contributed by atoms with Gasteiger partial charge >= 0.3 is 5.97 Å². The minimum Gasteiger partial charge on any atom is -0.460 e. The molecule has 0 bridgehead atoms. The SMILES string of the molecule is CCOC(=O)C(=O)C1CCc2ccc(F)cc2C1=O. The van der Waals surface area contributed by atoms with Crippen LogP contribution in [0.4, 0.5) is 4.39 Å². The van der Waals surface area contributed by atoms with E-state index < -0.39 is 29.3 Å². The van der Waals surface area contributed by atoms with Crippen LogP contribution in [0.2, 0.25) is 0 Å². The molecule has 1 atom stereocenters. The maximum atomic E-state index is 13.1. The highest BCUT2D eigenvalue weighted by Gasteiger charge is 2.36. The number of benzene rings is 1. The van der Waals surface area contributed by atoms with Gasteiger partial charge in [0.2, 0.25) is 0 Å². The van der Waals surface area contributed by atoms with Crippen molar-refractivity contribution in [3.05, 3.63) is 35.1 Å². The quantitative estimate of drug-likeness (QED) is 0.473. The fraction of sp³-hybridized carbons (Fsp3) is 0.357. The predicted octanol–water partition coefficient (Wildman–Crippen LogP) is 1.70. The van der Waals surface area contributed by atoms with Crippen molar-refractivity contribution in [2.45, 2.75) is 19.8 Å². The molecule has 0 heterocycles. The van der Waals surface area contributed by atoms with Crippen molar-refractivity contribution in [1.29, 1.82) is 0 Å². The molecule has 2 rings (SSSR count). The minimum absolute atomic E-state index is 0.0801. The number of ketones is 2. The molecule has 0 saturated heterocycles. The number of carbonyl (C=O) groups excluding carboxylic acids is 3. The second kappa shape index (κ2) is 5.30. The molecule has 0 saturated carbocycles. The summed E-state index contributed by atoms with van der Waals surface area (Å²) in [5, 5.41) is 0. The lowest BCUT2D eigenvalue weighted by atomic mass is 9.80. The number of halogens is 1. The molecule has 1 aromatic rings. The van der Waals surface area contributed by atoms with Crippen molar-refractivity contribution in [1.82, 2.24) is 0 Å². The fourth-order valence-corrected chi connectivity index (χ4v) is 2.21. The first-order valence-electron chi connectivity index (χ1n) is 6.08. The molecule has 19 heavy (non-hydrogen) atoms. The summed E-state index contributed by atoms with van der Waals surface area (Å²) in [4.78, 5) is 35.3. The molecule has 1 unspecified atom stereocenters. The van der Waals surface area contributed by atoms with Gasteiger partial charge in [0.05, 0.1) is 12.5 Å². The number of aryl methyl sites for hydroxylation is 1. The summed E-state index contributed by atoms with van der Waals surface area (Å²) in [5.41, 5.74) is 0.896. The first-order chi connectivity index (χ1) is 9.04. The molecule has 0 spiro atoms. The standard InChI is InChI=1S/C14H13FO4/c1-2-19-14(18)13(17)10-6-4-8-3-5-9(15)7-11(8)12(10)16/h3,5,7,10H,2,4,6H2,1H3. The summed E-state index contributed by atoms with van der Waals surface area (Å²) in [7, 11) is 0. The lowest BCUT2D eigenvalue weighted by molar-refractivity contribution is -0.154. The Labute approximate surface area is 109 Å². The molecule has 1 aliphatic carbocycles. The van der Waals surface area contributed by atoms with E-state index in [1.807, 2.05) is 0 Å². The van der Waals surface area contributed by atoms with Crippen LogP contribution in [0.15, 0.2) is 18.2 Å². The van der Waals surface area contributed by atoms with E-state index in [0.29, 0.717) is 12.0 Å². The topological polar surface area (TPSA) is 60.4 Å². The van der Waals surface area contributed by atoms with E-state index in [0.717, 1.165) is 6.07 Å². The smallest absolute Gasteiger partial charge is 0.375 e. The van der Waals surface area contributed by atoms with Crippen LogP contribution in [0, 0.1) is 11.7 Å². The Bertz CT molecular complexity index is 550. The Morgan fingerprint density at radius 3 is 2.84 bits per heavy atom. The van der Waals surface area contributed by atoms with E-state index in [-0.39, 0.29) is 18.6 Å². The Balaban J connectivity index is 2.26. The molecule has 0 fully saturated rings. The molecule has 0 aliphatic heterocycles. The van der Waals surface area contributed by atoms with Crippen molar-refractivity contribution >= 4 is 17.5 Å². The Kier molecular flexibility index (Phi) is 3.74. The zero-order valence-electron chi connectivity index (χ0n) is 10.4. The zero-order chi connectivity index (χ0) is 14.0. The molecule has 0 amide bonds. The van der Waals surface area contributed by atoms with E-state index in [1.54, 1.807) is 6.92 Å². The maximum absolute atomic E-state index is 13.1. The number of esters is 1.